The summed E-state index contributed by atoms with van der Waals surface area (Å²) in [6, 6.07) is 6.17. The fourth-order valence-corrected chi connectivity index (χ4v) is 1.89. The zero-order chi connectivity index (χ0) is 10.6. The lowest BCUT2D eigenvalue weighted by molar-refractivity contribution is 0.617. The van der Waals surface area contributed by atoms with Crippen molar-refractivity contribution in [1.29, 1.82) is 0 Å². The van der Waals surface area contributed by atoms with Crippen molar-refractivity contribution in [3.8, 4) is 0 Å². The number of nitrogens with two attached hydrogens (primary N) is 2. The van der Waals surface area contributed by atoms with E-state index < -0.39 is 0 Å². The molecule has 0 bridgehead atoms. The Kier molecular flexibility index (Phi) is 5.09. The maximum atomic E-state index is 6.01. The molecule has 1 aromatic carbocycles. The van der Waals surface area contributed by atoms with Crippen LogP contribution in [0.5, 0.6) is 0 Å². The molecule has 0 saturated heterocycles. The predicted molar refractivity (Wildman–Crippen MR) is 67.1 cm³/mol. The van der Waals surface area contributed by atoms with Gasteiger partial charge in [0.05, 0.1) is 0 Å². The van der Waals surface area contributed by atoms with Crippen molar-refractivity contribution in [3.05, 3.63) is 32.7 Å². The van der Waals surface area contributed by atoms with Crippen LogP contribution in [-0.4, -0.2) is 6.54 Å². The molecule has 0 amide bonds. The van der Waals surface area contributed by atoms with E-state index >= 15 is 0 Å². The molecule has 1 atom stereocenters. The fourth-order valence-electron chi connectivity index (χ4n) is 1.25. The Hall–Kier alpha value is 0.1000. The highest BCUT2D eigenvalue weighted by molar-refractivity contribution is 9.13. The van der Waals surface area contributed by atoms with E-state index in [0.29, 0.717) is 6.54 Å². The lowest BCUT2D eigenvalue weighted by atomic mass is 10.0. The summed E-state index contributed by atoms with van der Waals surface area (Å²) >= 11 is 6.88. The van der Waals surface area contributed by atoms with Gasteiger partial charge in [0, 0.05) is 15.0 Å². The molecule has 1 rings (SSSR count). The molecule has 0 aromatic heterocycles. The van der Waals surface area contributed by atoms with Gasteiger partial charge in [0.2, 0.25) is 0 Å². The molecular weight excluding hydrogens is 308 g/mol. The Bertz CT molecular complexity index is 302. The Morgan fingerprint density at radius 2 is 1.93 bits per heavy atom. The first-order chi connectivity index (χ1) is 6.65. The van der Waals surface area contributed by atoms with E-state index in [9.17, 15) is 0 Å². The molecule has 0 fully saturated rings. The highest BCUT2D eigenvalue weighted by atomic mass is 79.9. The largest absolute Gasteiger partial charge is 0.330 e. The number of halogens is 2. The standard InChI is InChI=1S/C10H14Br2N2/c11-8-4-3-7(6-9(8)12)10(14)2-1-5-13/h3-4,6,10H,1-2,5,13-14H2/t10-/m0/s1. The Balaban J connectivity index is 2.70. The van der Waals surface area contributed by atoms with Crippen molar-refractivity contribution < 1.29 is 0 Å². The van der Waals surface area contributed by atoms with Crippen LogP contribution < -0.4 is 11.5 Å². The van der Waals surface area contributed by atoms with Gasteiger partial charge >= 0.3 is 0 Å². The van der Waals surface area contributed by atoms with Gasteiger partial charge < -0.3 is 11.5 Å². The molecule has 0 aliphatic rings. The maximum Gasteiger partial charge on any atom is 0.0320 e. The second-order valence-corrected chi connectivity index (χ2v) is 4.92. The minimum absolute atomic E-state index is 0.0861. The van der Waals surface area contributed by atoms with E-state index in [0.717, 1.165) is 27.4 Å². The second kappa shape index (κ2) is 5.85. The van der Waals surface area contributed by atoms with E-state index in [-0.39, 0.29) is 6.04 Å². The van der Waals surface area contributed by atoms with E-state index in [2.05, 4.69) is 31.9 Å². The molecule has 1 aromatic rings. The van der Waals surface area contributed by atoms with E-state index in [4.69, 9.17) is 11.5 Å². The normalized spacial score (nSPS) is 12.9. The molecular formula is C10H14Br2N2. The topological polar surface area (TPSA) is 52.0 Å². The highest BCUT2D eigenvalue weighted by Crippen LogP contribution is 2.26. The molecule has 0 spiro atoms. The molecule has 0 aliphatic carbocycles. The monoisotopic (exact) mass is 320 g/mol. The van der Waals surface area contributed by atoms with Crippen molar-refractivity contribution in [1.82, 2.24) is 0 Å². The molecule has 0 radical (unpaired) electrons. The Labute approximate surface area is 101 Å². The zero-order valence-electron chi connectivity index (χ0n) is 7.84. The first-order valence-corrected chi connectivity index (χ1v) is 6.14. The van der Waals surface area contributed by atoms with Crippen molar-refractivity contribution in [3.63, 3.8) is 0 Å². The molecule has 4 N–H and O–H groups in total. The smallest absolute Gasteiger partial charge is 0.0320 e. The molecule has 2 nitrogen and oxygen atoms in total. The van der Waals surface area contributed by atoms with Crippen LogP contribution in [0.15, 0.2) is 27.1 Å². The molecule has 0 saturated carbocycles. The summed E-state index contributed by atoms with van der Waals surface area (Å²) in [7, 11) is 0. The van der Waals surface area contributed by atoms with Gasteiger partial charge in [0.15, 0.2) is 0 Å². The predicted octanol–water partition coefficient (Wildman–Crippen LogP) is 2.95. The summed E-state index contributed by atoms with van der Waals surface area (Å²) in [4.78, 5) is 0. The van der Waals surface area contributed by atoms with Crippen LogP contribution in [0, 0.1) is 0 Å². The van der Waals surface area contributed by atoms with Crippen LogP contribution in [0.3, 0.4) is 0 Å². The number of hydrogen-bond acceptors (Lipinski definition) is 2. The molecule has 0 aliphatic heterocycles. The lowest BCUT2D eigenvalue weighted by Gasteiger charge is -2.12. The van der Waals surface area contributed by atoms with E-state index in [1.807, 2.05) is 18.2 Å². The molecule has 0 heterocycles. The van der Waals surface area contributed by atoms with Crippen molar-refractivity contribution >= 4 is 31.9 Å². The van der Waals surface area contributed by atoms with Gasteiger partial charge in [-0.3, -0.25) is 0 Å². The van der Waals surface area contributed by atoms with Gasteiger partial charge in [-0.1, -0.05) is 6.07 Å². The summed E-state index contributed by atoms with van der Waals surface area (Å²) in [6.07, 6.45) is 1.90. The van der Waals surface area contributed by atoms with Gasteiger partial charge in [-0.15, -0.1) is 0 Å². The van der Waals surface area contributed by atoms with Gasteiger partial charge in [-0.05, 0) is 68.9 Å². The first-order valence-electron chi connectivity index (χ1n) is 4.55. The second-order valence-electron chi connectivity index (χ2n) is 3.21. The third-order valence-electron chi connectivity index (χ3n) is 2.09. The summed E-state index contributed by atoms with van der Waals surface area (Å²) in [5.74, 6) is 0. The van der Waals surface area contributed by atoms with Crippen LogP contribution in [-0.2, 0) is 0 Å². The van der Waals surface area contributed by atoms with E-state index in [1.54, 1.807) is 0 Å². The van der Waals surface area contributed by atoms with Crippen molar-refractivity contribution in [2.24, 2.45) is 11.5 Å². The number of hydrogen-bond donors (Lipinski definition) is 2. The van der Waals surface area contributed by atoms with Crippen LogP contribution in [0.4, 0.5) is 0 Å². The highest BCUT2D eigenvalue weighted by Gasteiger charge is 2.06. The number of rotatable bonds is 4. The Morgan fingerprint density at radius 1 is 1.21 bits per heavy atom. The third kappa shape index (κ3) is 3.35. The van der Waals surface area contributed by atoms with Crippen LogP contribution >= 0.6 is 31.9 Å². The van der Waals surface area contributed by atoms with Gasteiger partial charge in [-0.2, -0.15) is 0 Å². The molecule has 0 unspecified atom stereocenters. The molecule has 4 heteroatoms. The van der Waals surface area contributed by atoms with Crippen molar-refractivity contribution in [2.45, 2.75) is 18.9 Å². The summed E-state index contributed by atoms with van der Waals surface area (Å²) in [5.41, 5.74) is 12.6. The SMILES string of the molecule is NCCC[C@H](N)c1ccc(Br)c(Br)c1. The molecule has 14 heavy (non-hydrogen) atoms. The summed E-state index contributed by atoms with van der Waals surface area (Å²) in [6.45, 7) is 0.700. The summed E-state index contributed by atoms with van der Waals surface area (Å²) in [5, 5.41) is 0. The van der Waals surface area contributed by atoms with Crippen molar-refractivity contribution in [2.75, 3.05) is 6.54 Å². The quantitative estimate of drug-likeness (QED) is 0.895. The molecule has 78 valence electrons. The third-order valence-corrected chi connectivity index (χ3v) is 3.97. The average Bonchev–Trinajstić information content (AvgIpc) is 2.18. The van der Waals surface area contributed by atoms with E-state index in [1.165, 1.54) is 0 Å². The Morgan fingerprint density at radius 3 is 2.50 bits per heavy atom. The van der Waals surface area contributed by atoms with Gasteiger partial charge in [0.25, 0.3) is 0 Å². The van der Waals surface area contributed by atoms with Gasteiger partial charge in [-0.25, -0.2) is 0 Å². The van der Waals surface area contributed by atoms with Crippen LogP contribution in [0.25, 0.3) is 0 Å². The fraction of sp³-hybridized carbons (Fsp3) is 0.400. The van der Waals surface area contributed by atoms with Crippen LogP contribution in [0.1, 0.15) is 24.4 Å². The minimum atomic E-state index is 0.0861. The minimum Gasteiger partial charge on any atom is -0.330 e. The lowest BCUT2D eigenvalue weighted by Crippen LogP contribution is -2.12. The van der Waals surface area contributed by atoms with Gasteiger partial charge in [0.1, 0.15) is 0 Å². The summed E-state index contributed by atoms with van der Waals surface area (Å²) < 4.78 is 2.09. The maximum absolute atomic E-state index is 6.01. The average molecular weight is 322 g/mol. The first kappa shape index (κ1) is 12.2. The number of benzene rings is 1. The van der Waals surface area contributed by atoms with Crippen LogP contribution in [0.2, 0.25) is 0 Å². The zero-order valence-corrected chi connectivity index (χ0v) is 11.0.